The molecule has 4 aromatic rings. The molecule has 0 N–H and O–H groups in total. The highest BCUT2D eigenvalue weighted by atomic mass is 32.1. The first-order valence-corrected chi connectivity index (χ1v) is 10.2. The molecule has 3 aromatic heterocycles. The summed E-state index contributed by atoms with van der Waals surface area (Å²) in [6.45, 7) is 4.97. The molecule has 8 heteroatoms. The van der Waals surface area contributed by atoms with Crippen LogP contribution in [0.2, 0.25) is 0 Å². The lowest BCUT2D eigenvalue weighted by Crippen LogP contribution is -2.32. The van der Waals surface area contributed by atoms with Gasteiger partial charge in [0.05, 0.1) is 29.2 Å². The number of nitrogens with zero attached hydrogens (tertiary/aromatic N) is 4. The topological polar surface area (TPSA) is 73.4 Å². The predicted molar refractivity (Wildman–Crippen MR) is 113 cm³/mol. The van der Waals surface area contributed by atoms with E-state index >= 15 is 0 Å². The summed E-state index contributed by atoms with van der Waals surface area (Å²) in [5.41, 5.74) is 1.42. The van der Waals surface area contributed by atoms with Gasteiger partial charge >= 0.3 is 0 Å². The Balaban J connectivity index is 1.65. The van der Waals surface area contributed by atoms with E-state index in [2.05, 4.69) is 4.98 Å². The Kier molecular flexibility index (Phi) is 5.35. The van der Waals surface area contributed by atoms with E-state index in [-0.39, 0.29) is 5.91 Å². The number of amides is 1. The Morgan fingerprint density at radius 2 is 2.17 bits per heavy atom. The van der Waals surface area contributed by atoms with Crippen LogP contribution in [0.4, 0.5) is 5.13 Å². The third-order valence-corrected chi connectivity index (χ3v) is 5.73. The van der Waals surface area contributed by atoms with E-state index in [1.807, 2.05) is 42.8 Å². The molecule has 0 aliphatic carbocycles. The SMILES string of the molecule is COc1ccc2nc(N(CCCn3ccnc3)C(=O)c3cc(C)oc3C)sc2c1. The minimum atomic E-state index is -0.101. The molecule has 0 radical (unpaired) electrons. The monoisotopic (exact) mass is 410 g/mol. The number of fused-ring (bicyclic) bond motifs is 1. The van der Waals surface area contributed by atoms with E-state index in [9.17, 15) is 4.79 Å². The molecule has 4 rings (SSSR count). The molecule has 0 atom stereocenters. The molecular weight excluding hydrogens is 388 g/mol. The van der Waals surface area contributed by atoms with Gasteiger partial charge in [-0.15, -0.1) is 0 Å². The van der Waals surface area contributed by atoms with Gasteiger partial charge in [-0.1, -0.05) is 11.3 Å². The molecule has 150 valence electrons. The summed E-state index contributed by atoms with van der Waals surface area (Å²) in [4.78, 5) is 23.9. The summed E-state index contributed by atoms with van der Waals surface area (Å²) in [6, 6.07) is 7.52. The third-order valence-electron chi connectivity index (χ3n) is 4.69. The van der Waals surface area contributed by atoms with Crippen molar-refractivity contribution in [1.82, 2.24) is 14.5 Å². The van der Waals surface area contributed by atoms with Crippen LogP contribution in [-0.4, -0.2) is 34.1 Å². The fourth-order valence-corrected chi connectivity index (χ4v) is 4.26. The smallest absolute Gasteiger partial charge is 0.263 e. The van der Waals surface area contributed by atoms with Crippen molar-refractivity contribution in [2.45, 2.75) is 26.8 Å². The number of methoxy groups -OCH3 is 1. The Labute approximate surface area is 172 Å². The number of thiazole rings is 1. The maximum absolute atomic E-state index is 13.4. The molecule has 0 unspecified atom stereocenters. The summed E-state index contributed by atoms with van der Waals surface area (Å²) in [5, 5.41) is 0.669. The maximum Gasteiger partial charge on any atom is 0.263 e. The summed E-state index contributed by atoms with van der Waals surface area (Å²) in [5.74, 6) is 2.01. The second kappa shape index (κ2) is 8.08. The van der Waals surface area contributed by atoms with Gasteiger partial charge in [-0.3, -0.25) is 9.69 Å². The molecule has 0 saturated carbocycles. The largest absolute Gasteiger partial charge is 0.497 e. The average molecular weight is 410 g/mol. The van der Waals surface area contributed by atoms with Crippen molar-refractivity contribution in [1.29, 1.82) is 0 Å². The number of benzene rings is 1. The molecule has 7 nitrogen and oxygen atoms in total. The van der Waals surface area contributed by atoms with Gasteiger partial charge in [-0.25, -0.2) is 9.97 Å². The lowest BCUT2D eigenvalue weighted by Gasteiger charge is -2.19. The minimum Gasteiger partial charge on any atom is -0.497 e. The lowest BCUT2D eigenvalue weighted by molar-refractivity contribution is 0.0985. The van der Waals surface area contributed by atoms with Gasteiger partial charge < -0.3 is 13.7 Å². The number of hydrogen-bond acceptors (Lipinski definition) is 6. The summed E-state index contributed by atoms with van der Waals surface area (Å²) >= 11 is 1.48. The van der Waals surface area contributed by atoms with Crippen LogP contribution < -0.4 is 9.64 Å². The first kappa shape index (κ1) is 19.2. The standard InChI is InChI=1S/C21H22N4O3S/c1-14-11-17(15(2)28-14)20(26)25(9-4-8-24-10-7-22-13-24)21-23-18-6-5-16(27-3)12-19(18)29-21/h5-7,10-13H,4,8-9H2,1-3H3. The van der Waals surface area contributed by atoms with Crippen molar-refractivity contribution in [3.05, 3.63) is 60.1 Å². The molecule has 0 spiro atoms. The van der Waals surface area contributed by atoms with Gasteiger partial charge in [0.25, 0.3) is 5.91 Å². The van der Waals surface area contributed by atoms with E-state index in [1.165, 1.54) is 11.3 Å². The molecule has 0 fully saturated rings. The molecule has 29 heavy (non-hydrogen) atoms. The van der Waals surface area contributed by atoms with Crippen LogP contribution in [0.3, 0.4) is 0 Å². The highest BCUT2D eigenvalue weighted by Gasteiger charge is 2.24. The zero-order valence-corrected chi connectivity index (χ0v) is 17.4. The number of carbonyl (C=O) groups is 1. The quantitative estimate of drug-likeness (QED) is 0.450. The van der Waals surface area contributed by atoms with Gasteiger partial charge in [0.1, 0.15) is 17.3 Å². The number of aromatic nitrogens is 3. The summed E-state index contributed by atoms with van der Waals surface area (Å²) < 4.78 is 13.9. The number of carbonyl (C=O) groups excluding carboxylic acids is 1. The Hall–Kier alpha value is -3.13. The number of ether oxygens (including phenoxy) is 1. The fraction of sp³-hybridized carbons (Fsp3) is 0.286. The second-order valence-electron chi connectivity index (χ2n) is 6.77. The minimum absolute atomic E-state index is 0.101. The molecule has 1 amide bonds. The third kappa shape index (κ3) is 4.02. The van der Waals surface area contributed by atoms with Crippen molar-refractivity contribution >= 4 is 32.6 Å². The number of anilines is 1. The first-order chi connectivity index (χ1) is 14.0. The van der Waals surface area contributed by atoms with Crippen LogP contribution >= 0.6 is 11.3 Å². The lowest BCUT2D eigenvalue weighted by atomic mass is 10.2. The highest BCUT2D eigenvalue weighted by molar-refractivity contribution is 7.22. The van der Waals surface area contributed by atoms with Crippen LogP contribution in [-0.2, 0) is 6.54 Å². The summed E-state index contributed by atoms with van der Waals surface area (Å²) in [7, 11) is 1.64. The van der Waals surface area contributed by atoms with E-state index < -0.39 is 0 Å². The molecule has 0 bridgehead atoms. The zero-order valence-electron chi connectivity index (χ0n) is 16.6. The van der Waals surface area contributed by atoms with Crippen LogP contribution in [0.5, 0.6) is 5.75 Å². The number of rotatable bonds is 7. The summed E-state index contributed by atoms with van der Waals surface area (Å²) in [6.07, 6.45) is 6.22. The second-order valence-corrected chi connectivity index (χ2v) is 7.78. The van der Waals surface area contributed by atoms with Crippen LogP contribution in [0.25, 0.3) is 10.2 Å². The normalized spacial score (nSPS) is 11.1. The molecular formula is C21H22N4O3S. The van der Waals surface area contributed by atoms with Gasteiger partial charge in [0.2, 0.25) is 0 Å². The van der Waals surface area contributed by atoms with Crippen molar-refractivity contribution in [2.24, 2.45) is 0 Å². The van der Waals surface area contributed by atoms with Gasteiger partial charge in [0.15, 0.2) is 5.13 Å². The van der Waals surface area contributed by atoms with Gasteiger partial charge in [0, 0.05) is 25.5 Å². The van der Waals surface area contributed by atoms with E-state index in [0.29, 0.717) is 23.0 Å². The Morgan fingerprint density at radius 3 is 2.86 bits per heavy atom. The Morgan fingerprint density at radius 1 is 1.31 bits per heavy atom. The number of furan rings is 1. The van der Waals surface area contributed by atoms with Gasteiger partial charge in [-0.05, 0) is 44.5 Å². The number of hydrogen-bond donors (Lipinski definition) is 0. The molecule has 0 saturated heterocycles. The molecule has 0 aliphatic rings. The Bertz CT molecular complexity index is 1130. The number of aryl methyl sites for hydroxylation is 3. The first-order valence-electron chi connectivity index (χ1n) is 9.34. The van der Waals surface area contributed by atoms with Crippen molar-refractivity contribution in [3.63, 3.8) is 0 Å². The van der Waals surface area contributed by atoms with Crippen molar-refractivity contribution < 1.29 is 13.9 Å². The van der Waals surface area contributed by atoms with Crippen LogP contribution in [0, 0.1) is 13.8 Å². The van der Waals surface area contributed by atoms with Crippen molar-refractivity contribution in [2.75, 3.05) is 18.6 Å². The molecule has 3 heterocycles. The van der Waals surface area contributed by atoms with E-state index in [4.69, 9.17) is 14.1 Å². The van der Waals surface area contributed by atoms with Crippen LogP contribution in [0.15, 0.2) is 47.4 Å². The fourth-order valence-electron chi connectivity index (χ4n) is 3.24. The van der Waals surface area contributed by atoms with E-state index in [1.54, 1.807) is 30.6 Å². The maximum atomic E-state index is 13.4. The van der Waals surface area contributed by atoms with Crippen molar-refractivity contribution in [3.8, 4) is 5.75 Å². The van der Waals surface area contributed by atoms with Crippen LogP contribution in [0.1, 0.15) is 28.3 Å². The zero-order chi connectivity index (χ0) is 20.4. The highest BCUT2D eigenvalue weighted by Crippen LogP contribution is 2.32. The number of imidazole rings is 1. The van der Waals surface area contributed by atoms with Gasteiger partial charge in [-0.2, -0.15) is 0 Å². The average Bonchev–Trinajstić information content (AvgIpc) is 3.43. The molecule has 0 aliphatic heterocycles. The predicted octanol–water partition coefficient (Wildman–Crippen LogP) is 4.45. The molecule has 1 aromatic carbocycles. The van der Waals surface area contributed by atoms with E-state index in [0.717, 1.165) is 34.7 Å².